The van der Waals surface area contributed by atoms with Crippen LogP contribution in [0.15, 0.2) is 29.2 Å². The normalized spacial score (nSPS) is 19.1. The molecule has 0 bridgehead atoms. The van der Waals surface area contributed by atoms with Crippen LogP contribution in [-0.4, -0.2) is 46.7 Å². The number of hydrogen-bond acceptors (Lipinski definition) is 6. The summed E-state index contributed by atoms with van der Waals surface area (Å²) in [6.07, 6.45) is 0.878. The first-order valence-corrected chi connectivity index (χ1v) is 10.1. The van der Waals surface area contributed by atoms with Crippen LogP contribution in [-0.2, 0) is 19.1 Å². The molecule has 6 nitrogen and oxygen atoms in total. The molecule has 0 N–H and O–H groups in total. The number of esters is 1. The van der Waals surface area contributed by atoms with Crippen LogP contribution in [0.1, 0.15) is 32.3 Å². The molecule has 0 aromatic heterocycles. The number of hydrogen-bond donors (Lipinski definition) is 0. The molecule has 2 aliphatic heterocycles. The molecule has 1 aromatic carbocycles. The largest absolute Gasteiger partial charge is 0.466 e. The summed E-state index contributed by atoms with van der Waals surface area (Å²) in [6.45, 7) is 4.76. The number of carbonyl (C=O) groups is 3. The molecule has 0 radical (unpaired) electrons. The predicted octanol–water partition coefficient (Wildman–Crippen LogP) is 2.97. The second kappa shape index (κ2) is 8.22. The monoisotopic (exact) mass is 404 g/mol. The van der Waals surface area contributed by atoms with Crippen LogP contribution in [0.3, 0.4) is 0 Å². The van der Waals surface area contributed by atoms with Crippen molar-refractivity contribution in [2.75, 3.05) is 24.6 Å². The molecule has 1 saturated heterocycles. The molecule has 0 atom stereocenters. The van der Waals surface area contributed by atoms with Crippen molar-refractivity contribution in [2.24, 2.45) is 0 Å². The fourth-order valence-electron chi connectivity index (χ4n) is 3.12. The highest BCUT2D eigenvalue weighted by Gasteiger charge is 2.41. The summed E-state index contributed by atoms with van der Waals surface area (Å²) in [5.41, 5.74) is 1.97. The van der Waals surface area contributed by atoms with Gasteiger partial charge < -0.3 is 9.64 Å². The second-order valence-electron chi connectivity index (χ2n) is 6.06. The Hall–Kier alpha value is -2.19. The lowest BCUT2D eigenvalue weighted by molar-refractivity contribution is -0.143. The number of amides is 2. The minimum absolute atomic E-state index is 0.0649. The van der Waals surface area contributed by atoms with Crippen molar-refractivity contribution in [3.05, 3.63) is 34.7 Å². The Bertz CT molecular complexity index is 850. The molecule has 0 unspecified atom stereocenters. The first kappa shape index (κ1) is 19.6. The zero-order chi connectivity index (χ0) is 19.6. The zero-order valence-corrected chi connectivity index (χ0v) is 16.8. The molecule has 1 fully saturated rings. The molecular formula is C19H20N2O4S2. The van der Waals surface area contributed by atoms with Gasteiger partial charge in [-0.3, -0.25) is 19.3 Å². The molecular weight excluding hydrogens is 384 g/mol. The van der Waals surface area contributed by atoms with Crippen LogP contribution in [0.5, 0.6) is 0 Å². The first-order chi connectivity index (χ1) is 13.0. The van der Waals surface area contributed by atoms with E-state index in [1.165, 1.54) is 4.90 Å². The molecule has 0 spiro atoms. The van der Waals surface area contributed by atoms with Crippen LogP contribution in [0, 0.1) is 0 Å². The molecule has 0 saturated carbocycles. The van der Waals surface area contributed by atoms with E-state index in [0.29, 0.717) is 28.0 Å². The highest BCUT2D eigenvalue weighted by Crippen LogP contribution is 2.44. The van der Waals surface area contributed by atoms with Crippen LogP contribution in [0.25, 0.3) is 5.57 Å². The van der Waals surface area contributed by atoms with Crippen LogP contribution >= 0.6 is 24.0 Å². The van der Waals surface area contributed by atoms with E-state index in [2.05, 4.69) is 0 Å². The minimum Gasteiger partial charge on any atom is -0.466 e. The minimum atomic E-state index is -0.379. The van der Waals surface area contributed by atoms with E-state index in [-0.39, 0.29) is 30.7 Å². The van der Waals surface area contributed by atoms with Gasteiger partial charge in [0.2, 0.25) is 0 Å². The average Bonchev–Trinajstić information content (AvgIpc) is 3.08. The summed E-state index contributed by atoms with van der Waals surface area (Å²) in [7, 11) is 0. The van der Waals surface area contributed by atoms with E-state index in [0.717, 1.165) is 29.4 Å². The molecule has 2 amide bonds. The lowest BCUT2D eigenvalue weighted by Crippen LogP contribution is -2.31. The molecule has 3 rings (SSSR count). The van der Waals surface area contributed by atoms with E-state index >= 15 is 0 Å². The summed E-state index contributed by atoms with van der Waals surface area (Å²) >= 11 is 6.44. The smallest absolute Gasteiger partial charge is 0.307 e. The SMILES string of the molecule is CCCN1C(=O)/C(=C2\SC(=S)N(CCC(=O)OCC)C2=O)c2ccccc21. The van der Waals surface area contributed by atoms with Gasteiger partial charge in [-0.05, 0) is 19.4 Å². The molecule has 142 valence electrons. The van der Waals surface area contributed by atoms with Crippen molar-refractivity contribution in [1.82, 2.24) is 4.90 Å². The predicted molar refractivity (Wildman–Crippen MR) is 109 cm³/mol. The number of thiocarbonyl (C=S) groups is 1. The Labute approximate surface area is 167 Å². The Morgan fingerprint density at radius 1 is 1.11 bits per heavy atom. The number of para-hydroxylation sites is 1. The maximum Gasteiger partial charge on any atom is 0.307 e. The summed E-state index contributed by atoms with van der Waals surface area (Å²) < 4.78 is 5.26. The third-order valence-electron chi connectivity index (χ3n) is 4.29. The number of nitrogens with zero attached hydrogens (tertiary/aromatic N) is 2. The summed E-state index contributed by atoms with van der Waals surface area (Å²) in [6, 6.07) is 7.46. The molecule has 2 aliphatic rings. The van der Waals surface area contributed by atoms with Gasteiger partial charge >= 0.3 is 5.97 Å². The molecule has 8 heteroatoms. The summed E-state index contributed by atoms with van der Waals surface area (Å²) in [5, 5.41) is 0. The van der Waals surface area contributed by atoms with Gasteiger partial charge in [-0.2, -0.15) is 0 Å². The number of carbonyl (C=O) groups excluding carboxylic acids is 3. The van der Waals surface area contributed by atoms with E-state index in [1.54, 1.807) is 11.8 Å². The Balaban J connectivity index is 1.92. The van der Waals surface area contributed by atoms with Gasteiger partial charge in [-0.25, -0.2) is 0 Å². The van der Waals surface area contributed by atoms with Gasteiger partial charge in [-0.1, -0.05) is 49.1 Å². The first-order valence-electron chi connectivity index (χ1n) is 8.84. The number of ether oxygens (including phenoxy) is 1. The van der Waals surface area contributed by atoms with Crippen molar-refractivity contribution in [3.63, 3.8) is 0 Å². The van der Waals surface area contributed by atoms with Gasteiger partial charge in [0.1, 0.15) is 4.32 Å². The van der Waals surface area contributed by atoms with Crippen molar-refractivity contribution in [1.29, 1.82) is 0 Å². The zero-order valence-electron chi connectivity index (χ0n) is 15.2. The summed E-state index contributed by atoms with van der Waals surface area (Å²) in [5.74, 6) is -0.884. The van der Waals surface area contributed by atoms with Crippen LogP contribution in [0.2, 0.25) is 0 Å². The second-order valence-corrected chi connectivity index (χ2v) is 7.70. The summed E-state index contributed by atoms with van der Waals surface area (Å²) in [4.78, 5) is 41.0. The fourth-order valence-corrected chi connectivity index (χ4v) is 4.50. The van der Waals surface area contributed by atoms with E-state index in [9.17, 15) is 14.4 Å². The number of fused-ring (bicyclic) bond motifs is 1. The number of rotatable bonds is 6. The van der Waals surface area contributed by atoms with Crippen molar-refractivity contribution in [3.8, 4) is 0 Å². The number of thioether (sulfide) groups is 1. The Morgan fingerprint density at radius 3 is 2.56 bits per heavy atom. The Morgan fingerprint density at radius 2 is 1.85 bits per heavy atom. The van der Waals surface area contributed by atoms with Gasteiger partial charge in [0.25, 0.3) is 11.8 Å². The fraction of sp³-hybridized carbons (Fsp3) is 0.368. The Kier molecular flexibility index (Phi) is 5.96. The number of benzene rings is 1. The lowest BCUT2D eigenvalue weighted by Gasteiger charge is -2.15. The van der Waals surface area contributed by atoms with Gasteiger partial charge in [0, 0.05) is 18.7 Å². The van der Waals surface area contributed by atoms with Crippen LogP contribution < -0.4 is 4.90 Å². The quantitative estimate of drug-likeness (QED) is 0.413. The van der Waals surface area contributed by atoms with Crippen LogP contribution in [0.4, 0.5) is 5.69 Å². The van der Waals surface area contributed by atoms with Crippen molar-refractivity contribution < 1.29 is 19.1 Å². The molecule has 0 aliphatic carbocycles. The van der Waals surface area contributed by atoms with E-state index in [4.69, 9.17) is 17.0 Å². The molecule has 27 heavy (non-hydrogen) atoms. The number of anilines is 1. The molecule has 1 aromatic rings. The maximum atomic E-state index is 13.0. The third-order valence-corrected chi connectivity index (χ3v) is 5.74. The topological polar surface area (TPSA) is 66.9 Å². The van der Waals surface area contributed by atoms with E-state index in [1.807, 2.05) is 31.2 Å². The van der Waals surface area contributed by atoms with Crippen molar-refractivity contribution in [2.45, 2.75) is 26.7 Å². The van der Waals surface area contributed by atoms with Crippen molar-refractivity contribution >= 4 is 57.3 Å². The molecule has 2 heterocycles. The highest BCUT2D eigenvalue weighted by molar-refractivity contribution is 8.26. The average molecular weight is 405 g/mol. The van der Waals surface area contributed by atoms with Gasteiger partial charge in [0.05, 0.1) is 29.2 Å². The van der Waals surface area contributed by atoms with Gasteiger partial charge in [0.15, 0.2) is 0 Å². The maximum absolute atomic E-state index is 13.0. The van der Waals surface area contributed by atoms with E-state index < -0.39 is 0 Å². The highest BCUT2D eigenvalue weighted by atomic mass is 32.2. The third kappa shape index (κ3) is 3.64. The van der Waals surface area contributed by atoms with Gasteiger partial charge in [-0.15, -0.1) is 0 Å². The lowest BCUT2D eigenvalue weighted by atomic mass is 10.1. The standard InChI is InChI=1S/C19H20N2O4S2/c1-3-10-20-13-8-6-5-7-12(13)15(17(20)23)16-18(24)21(19(26)27-16)11-9-14(22)25-4-2/h5-8H,3-4,9-11H2,1-2H3/b16-15-.